The molecule has 0 aromatic heterocycles. The van der Waals surface area contributed by atoms with E-state index in [0.717, 1.165) is 34.5 Å². The molecule has 1 atom stereocenters. The van der Waals surface area contributed by atoms with Crippen LogP contribution in [0.1, 0.15) is 46.6 Å². The molecule has 186 valence electrons. The average Bonchev–Trinajstić information content (AvgIpc) is 2.75. The van der Waals surface area contributed by atoms with Crippen LogP contribution >= 0.6 is 0 Å². The van der Waals surface area contributed by atoms with Gasteiger partial charge < -0.3 is 20.7 Å². The molecular formula is C28H35N3O4. The van der Waals surface area contributed by atoms with Gasteiger partial charge in [-0.3, -0.25) is 9.59 Å². The van der Waals surface area contributed by atoms with Crippen molar-refractivity contribution in [3.05, 3.63) is 77.2 Å². The first kappa shape index (κ1) is 26.0. The number of ether oxygens (including phenoxy) is 1. The molecule has 0 bridgehead atoms. The SMILES string of the molecule is CC(C)CN1C=C2CC(=O)C(/C=C/C(N)=O)C=C2C(c2ccccc2)=C1CNC(=O)OC(C)(C)C. The third-order valence-corrected chi connectivity index (χ3v) is 5.54. The standard InChI is InChI=1S/C28H35N3O4/c1-18(2)16-31-17-21-14-24(32)20(11-12-25(29)33)13-22(21)26(19-9-7-6-8-10-19)23(31)15-30-27(34)35-28(3,4)5/h6-13,17-18,20H,14-16H2,1-5H3,(H2,29,33)(H,30,34)/b12-11+. The molecule has 1 aliphatic heterocycles. The van der Waals surface area contributed by atoms with E-state index in [2.05, 4.69) is 24.1 Å². The molecular weight excluding hydrogens is 442 g/mol. The Balaban J connectivity index is 2.12. The molecule has 3 N–H and O–H groups in total. The summed E-state index contributed by atoms with van der Waals surface area (Å²) in [6.07, 6.45) is 6.44. The molecule has 1 unspecified atom stereocenters. The second kappa shape index (κ2) is 10.8. The van der Waals surface area contributed by atoms with Crippen LogP contribution in [0.4, 0.5) is 4.79 Å². The Morgan fingerprint density at radius 1 is 1.23 bits per heavy atom. The van der Waals surface area contributed by atoms with Gasteiger partial charge in [-0.05, 0) is 49.5 Å². The van der Waals surface area contributed by atoms with Crippen LogP contribution in [-0.2, 0) is 14.3 Å². The number of ketones is 1. The van der Waals surface area contributed by atoms with Gasteiger partial charge in [0.15, 0.2) is 0 Å². The highest BCUT2D eigenvalue weighted by Gasteiger charge is 2.33. The van der Waals surface area contributed by atoms with Crippen molar-refractivity contribution >= 4 is 23.4 Å². The molecule has 1 aromatic rings. The number of rotatable bonds is 7. The van der Waals surface area contributed by atoms with E-state index in [1.54, 1.807) is 6.08 Å². The highest BCUT2D eigenvalue weighted by atomic mass is 16.6. The summed E-state index contributed by atoms with van der Waals surface area (Å²) in [5.41, 5.74) is 9.34. The molecule has 2 aliphatic rings. The lowest BCUT2D eigenvalue weighted by Crippen LogP contribution is -2.38. The molecule has 3 rings (SSSR count). The lowest BCUT2D eigenvalue weighted by molar-refractivity contribution is -0.119. The van der Waals surface area contributed by atoms with Crippen LogP contribution in [0.5, 0.6) is 0 Å². The molecule has 1 aliphatic carbocycles. The summed E-state index contributed by atoms with van der Waals surface area (Å²) >= 11 is 0. The average molecular weight is 478 g/mol. The number of carbonyl (C=O) groups excluding carboxylic acids is 3. The third kappa shape index (κ3) is 6.94. The molecule has 7 nitrogen and oxygen atoms in total. The van der Waals surface area contributed by atoms with Crippen molar-refractivity contribution in [2.24, 2.45) is 17.6 Å². The number of Topliss-reactive ketones (excluding diaryl/α,β-unsaturated/α-hetero) is 1. The zero-order valence-electron chi connectivity index (χ0n) is 21.1. The highest BCUT2D eigenvalue weighted by Crippen LogP contribution is 2.42. The predicted octanol–water partition coefficient (Wildman–Crippen LogP) is 4.33. The van der Waals surface area contributed by atoms with Crippen LogP contribution in [0, 0.1) is 11.8 Å². The van der Waals surface area contributed by atoms with E-state index in [0.29, 0.717) is 5.92 Å². The first-order valence-electron chi connectivity index (χ1n) is 11.9. The van der Waals surface area contributed by atoms with Gasteiger partial charge in [-0.25, -0.2) is 4.79 Å². The van der Waals surface area contributed by atoms with Gasteiger partial charge in [-0.2, -0.15) is 0 Å². The Morgan fingerprint density at radius 2 is 1.91 bits per heavy atom. The first-order valence-corrected chi connectivity index (χ1v) is 11.9. The molecule has 1 heterocycles. The minimum atomic E-state index is -0.607. The van der Waals surface area contributed by atoms with Crippen molar-refractivity contribution in [3.63, 3.8) is 0 Å². The maximum atomic E-state index is 12.9. The molecule has 1 aromatic carbocycles. The van der Waals surface area contributed by atoms with Crippen molar-refractivity contribution in [2.45, 2.75) is 46.6 Å². The minimum Gasteiger partial charge on any atom is -0.444 e. The maximum Gasteiger partial charge on any atom is 0.407 e. The van der Waals surface area contributed by atoms with Gasteiger partial charge in [-0.15, -0.1) is 0 Å². The number of benzene rings is 1. The summed E-state index contributed by atoms with van der Waals surface area (Å²) in [7, 11) is 0. The summed E-state index contributed by atoms with van der Waals surface area (Å²) in [4.78, 5) is 38.8. The van der Waals surface area contributed by atoms with Crippen molar-refractivity contribution in [2.75, 3.05) is 13.1 Å². The number of alkyl carbamates (subject to hydrolysis) is 1. The number of nitrogens with two attached hydrogens (primary N) is 1. The monoisotopic (exact) mass is 477 g/mol. The van der Waals surface area contributed by atoms with Crippen LogP contribution in [-0.4, -0.2) is 41.4 Å². The van der Waals surface area contributed by atoms with Crippen molar-refractivity contribution in [3.8, 4) is 0 Å². The Hall–Kier alpha value is -3.61. The third-order valence-electron chi connectivity index (χ3n) is 5.54. The van der Waals surface area contributed by atoms with Crippen LogP contribution in [0.3, 0.4) is 0 Å². The maximum absolute atomic E-state index is 12.9. The Morgan fingerprint density at radius 3 is 2.51 bits per heavy atom. The zero-order valence-corrected chi connectivity index (χ0v) is 21.1. The number of hydrogen-bond acceptors (Lipinski definition) is 5. The van der Waals surface area contributed by atoms with Crippen molar-refractivity contribution < 1.29 is 19.1 Å². The normalized spacial score (nSPS) is 18.4. The summed E-state index contributed by atoms with van der Waals surface area (Å²) in [6.45, 7) is 10.7. The van der Waals surface area contributed by atoms with Gasteiger partial charge in [0, 0.05) is 30.4 Å². The quantitative estimate of drug-likeness (QED) is 0.569. The molecule has 0 saturated carbocycles. The number of fused-ring (bicyclic) bond motifs is 1. The summed E-state index contributed by atoms with van der Waals surface area (Å²) in [5, 5.41) is 2.91. The second-order valence-electron chi connectivity index (χ2n) is 10.3. The Bertz CT molecular complexity index is 1100. The molecule has 0 spiro atoms. The first-order chi connectivity index (χ1) is 16.4. The van der Waals surface area contributed by atoms with Crippen LogP contribution in [0.15, 0.2) is 71.6 Å². The van der Waals surface area contributed by atoms with E-state index in [9.17, 15) is 14.4 Å². The predicted molar refractivity (Wildman–Crippen MR) is 137 cm³/mol. The van der Waals surface area contributed by atoms with E-state index in [4.69, 9.17) is 10.5 Å². The van der Waals surface area contributed by atoms with Crippen molar-refractivity contribution in [1.82, 2.24) is 10.2 Å². The molecule has 0 radical (unpaired) electrons. The largest absolute Gasteiger partial charge is 0.444 e. The molecule has 7 heteroatoms. The highest BCUT2D eigenvalue weighted by molar-refractivity contribution is 5.98. The number of amides is 2. The zero-order chi connectivity index (χ0) is 25.8. The Labute approximate surface area is 207 Å². The van der Waals surface area contributed by atoms with Gasteiger partial charge in [0.2, 0.25) is 5.91 Å². The molecule has 35 heavy (non-hydrogen) atoms. The van der Waals surface area contributed by atoms with E-state index in [-0.39, 0.29) is 18.7 Å². The number of carbonyl (C=O) groups is 3. The van der Waals surface area contributed by atoms with Gasteiger partial charge in [-0.1, -0.05) is 56.3 Å². The van der Waals surface area contributed by atoms with E-state index in [1.807, 2.05) is 63.4 Å². The van der Waals surface area contributed by atoms with Gasteiger partial charge in [0.05, 0.1) is 12.5 Å². The van der Waals surface area contributed by atoms with Crippen LogP contribution < -0.4 is 11.1 Å². The second-order valence-corrected chi connectivity index (χ2v) is 10.3. The number of allylic oxidation sites excluding steroid dienone is 5. The number of nitrogens with zero attached hydrogens (tertiary/aromatic N) is 1. The minimum absolute atomic E-state index is 0.00439. The number of nitrogens with one attached hydrogen (secondary N) is 1. The van der Waals surface area contributed by atoms with E-state index >= 15 is 0 Å². The topological polar surface area (TPSA) is 102 Å². The smallest absolute Gasteiger partial charge is 0.407 e. The Kier molecular flexibility index (Phi) is 7.99. The number of hydrogen-bond donors (Lipinski definition) is 2. The summed E-state index contributed by atoms with van der Waals surface area (Å²) in [6, 6.07) is 9.91. The van der Waals surface area contributed by atoms with Crippen molar-refractivity contribution in [1.29, 1.82) is 0 Å². The van der Waals surface area contributed by atoms with Gasteiger partial charge in [0.1, 0.15) is 11.4 Å². The lowest BCUT2D eigenvalue weighted by Gasteiger charge is -2.37. The molecule has 0 saturated heterocycles. The summed E-state index contributed by atoms with van der Waals surface area (Å²) in [5.74, 6) is -0.795. The van der Waals surface area contributed by atoms with Gasteiger partial charge >= 0.3 is 6.09 Å². The lowest BCUT2D eigenvalue weighted by atomic mass is 9.78. The van der Waals surface area contributed by atoms with E-state index < -0.39 is 23.5 Å². The fourth-order valence-electron chi connectivity index (χ4n) is 4.21. The molecule has 0 fully saturated rings. The summed E-state index contributed by atoms with van der Waals surface area (Å²) < 4.78 is 5.46. The number of primary amides is 1. The fraction of sp³-hybridized carbons (Fsp3) is 0.393. The molecule has 2 amide bonds. The van der Waals surface area contributed by atoms with Crippen LogP contribution in [0.25, 0.3) is 5.57 Å². The van der Waals surface area contributed by atoms with Crippen LogP contribution in [0.2, 0.25) is 0 Å². The van der Waals surface area contributed by atoms with E-state index in [1.165, 1.54) is 6.08 Å². The fourth-order valence-corrected chi connectivity index (χ4v) is 4.21. The van der Waals surface area contributed by atoms with Gasteiger partial charge in [0.25, 0.3) is 0 Å².